The molecule has 0 aromatic heterocycles. The van der Waals surface area contributed by atoms with Gasteiger partial charge in [0.1, 0.15) is 5.75 Å². The molecule has 0 heterocycles. The van der Waals surface area contributed by atoms with Gasteiger partial charge in [-0.05, 0) is 50.6 Å². The molecule has 0 spiro atoms. The fourth-order valence-electron chi connectivity index (χ4n) is 2.04. The average molecular weight is 308 g/mol. The van der Waals surface area contributed by atoms with E-state index >= 15 is 0 Å². The van der Waals surface area contributed by atoms with Gasteiger partial charge in [0.15, 0.2) is 5.82 Å². The molecule has 0 aliphatic heterocycles. The Morgan fingerprint density at radius 1 is 1.05 bits per heavy atom. The number of benzene rings is 2. The van der Waals surface area contributed by atoms with E-state index in [0.29, 0.717) is 5.69 Å². The quantitative estimate of drug-likeness (QED) is 0.794. The summed E-state index contributed by atoms with van der Waals surface area (Å²) in [7, 11) is 0. The lowest BCUT2D eigenvalue weighted by atomic mass is 10.1. The summed E-state index contributed by atoms with van der Waals surface area (Å²) in [5.74, 6) is 0.403. The minimum absolute atomic E-state index is 0.0360. The molecule has 112 valence electrons. The number of nitrogens with one attached hydrogen (secondary N) is 1. The van der Waals surface area contributed by atoms with E-state index in [0.717, 1.165) is 11.3 Å². The molecule has 1 N–H and O–H groups in total. The molecule has 2 rings (SSSR count). The van der Waals surface area contributed by atoms with Gasteiger partial charge in [-0.3, -0.25) is 0 Å². The second-order valence-corrected chi connectivity index (χ2v) is 5.61. The second-order valence-electron chi connectivity index (χ2n) is 5.20. The summed E-state index contributed by atoms with van der Waals surface area (Å²) >= 11 is 5.78. The molecule has 0 radical (unpaired) electrons. The zero-order valence-corrected chi connectivity index (χ0v) is 13.1. The third-order valence-corrected chi connectivity index (χ3v) is 3.37. The summed E-state index contributed by atoms with van der Waals surface area (Å²) in [6.07, 6.45) is 0.145. The molecule has 0 fully saturated rings. The van der Waals surface area contributed by atoms with Crippen LogP contribution >= 0.6 is 11.6 Å². The Morgan fingerprint density at radius 3 is 2.33 bits per heavy atom. The van der Waals surface area contributed by atoms with Crippen molar-refractivity contribution < 1.29 is 9.13 Å². The average Bonchev–Trinajstić information content (AvgIpc) is 2.44. The summed E-state index contributed by atoms with van der Waals surface area (Å²) in [6.45, 7) is 5.94. The van der Waals surface area contributed by atoms with Crippen LogP contribution in [0.15, 0.2) is 42.5 Å². The number of halogens is 2. The van der Waals surface area contributed by atoms with Crippen LogP contribution in [0.25, 0.3) is 0 Å². The molecule has 21 heavy (non-hydrogen) atoms. The molecule has 1 unspecified atom stereocenters. The number of ether oxygens (including phenoxy) is 1. The Kier molecular flexibility index (Phi) is 5.07. The third kappa shape index (κ3) is 4.11. The van der Waals surface area contributed by atoms with Crippen molar-refractivity contribution in [2.45, 2.75) is 32.9 Å². The molecule has 0 amide bonds. The highest BCUT2D eigenvalue weighted by atomic mass is 35.5. The zero-order chi connectivity index (χ0) is 15.4. The second kappa shape index (κ2) is 6.81. The van der Waals surface area contributed by atoms with E-state index in [-0.39, 0.29) is 17.2 Å². The molecule has 4 heteroatoms. The van der Waals surface area contributed by atoms with Crippen LogP contribution in [0.5, 0.6) is 5.75 Å². The monoisotopic (exact) mass is 307 g/mol. The zero-order valence-electron chi connectivity index (χ0n) is 12.4. The van der Waals surface area contributed by atoms with Gasteiger partial charge in [0.2, 0.25) is 0 Å². The van der Waals surface area contributed by atoms with Crippen molar-refractivity contribution in [3.05, 3.63) is 58.9 Å². The maximum atomic E-state index is 13.9. The van der Waals surface area contributed by atoms with Crippen molar-refractivity contribution >= 4 is 17.3 Å². The van der Waals surface area contributed by atoms with Crippen LogP contribution < -0.4 is 10.1 Å². The highest BCUT2D eigenvalue weighted by molar-refractivity contribution is 6.31. The van der Waals surface area contributed by atoms with Crippen molar-refractivity contribution in [3.8, 4) is 5.75 Å². The van der Waals surface area contributed by atoms with Crippen LogP contribution in [0.2, 0.25) is 5.02 Å². The number of hydrogen-bond donors (Lipinski definition) is 1. The lowest BCUT2D eigenvalue weighted by Crippen LogP contribution is -2.09. The summed E-state index contributed by atoms with van der Waals surface area (Å²) in [6, 6.07) is 12.7. The van der Waals surface area contributed by atoms with Crippen LogP contribution in [0.4, 0.5) is 10.1 Å². The predicted molar refractivity (Wildman–Crippen MR) is 85.7 cm³/mol. The topological polar surface area (TPSA) is 21.3 Å². The van der Waals surface area contributed by atoms with Gasteiger partial charge in [-0.1, -0.05) is 29.8 Å². The van der Waals surface area contributed by atoms with Crippen molar-refractivity contribution in [3.63, 3.8) is 0 Å². The Morgan fingerprint density at radius 2 is 1.71 bits per heavy atom. The standard InChI is InChI=1S/C17H19ClFNO/c1-11(2)21-14-9-7-13(8-10-14)12(3)20-16-6-4-5-15(18)17(16)19/h4-12,20H,1-3H3. The highest BCUT2D eigenvalue weighted by Crippen LogP contribution is 2.27. The normalized spacial score (nSPS) is 12.3. The fraction of sp³-hybridized carbons (Fsp3) is 0.294. The lowest BCUT2D eigenvalue weighted by molar-refractivity contribution is 0.242. The van der Waals surface area contributed by atoms with Crippen LogP contribution in [0.1, 0.15) is 32.4 Å². The maximum Gasteiger partial charge on any atom is 0.164 e. The first-order chi connectivity index (χ1) is 9.97. The van der Waals surface area contributed by atoms with Crippen molar-refractivity contribution in [2.75, 3.05) is 5.32 Å². The molecule has 2 aromatic carbocycles. The molecular weight excluding hydrogens is 289 g/mol. The molecule has 0 saturated carbocycles. The van der Waals surface area contributed by atoms with Crippen molar-refractivity contribution in [2.24, 2.45) is 0 Å². The molecule has 0 aliphatic rings. The van der Waals surface area contributed by atoms with Gasteiger partial charge < -0.3 is 10.1 Å². The summed E-state index contributed by atoms with van der Waals surface area (Å²) in [5.41, 5.74) is 1.45. The van der Waals surface area contributed by atoms with Gasteiger partial charge >= 0.3 is 0 Å². The van der Waals surface area contributed by atoms with Crippen LogP contribution in [0, 0.1) is 5.82 Å². The number of rotatable bonds is 5. The lowest BCUT2D eigenvalue weighted by Gasteiger charge is -2.17. The van der Waals surface area contributed by atoms with Gasteiger partial charge in [-0.25, -0.2) is 4.39 Å². The third-order valence-electron chi connectivity index (χ3n) is 3.08. The first kappa shape index (κ1) is 15.6. The van der Waals surface area contributed by atoms with E-state index in [1.54, 1.807) is 12.1 Å². The SMILES string of the molecule is CC(C)Oc1ccc(C(C)Nc2cccc(Cl)c2F)cc1. The summed E-state index contributed by atoms with van der Waals surface area (Å²) < 4.78 is 19.5. The van der Waals surface area contributed by atoms with Crippen LogP contribution in [-0.2, 0) is 0 Å². The van der Waals surface area contributed by atoms with Gasteiger partial charge in [0.25, 0.3) is 0 Å². The fourth-order valence-corrected chi connectivity index (χ4v) is 2.21. The predicted octanol–water partition coefficient (Wildman–Crippen LogP) is 5.44. The number of hydrogen-bond acceptors (Lipinski definition) is 2. The van der Waals surface area contributed by atoms with E-state index in [1.807, 2.05) is 45.0 Å². The van der Waals surface area contributed by atoms with Gasteiger partial charge in [0, 0.05) is 6.04 Å². The molecule has 1 atom stereocenters. The molecule has 0 aliphatic carbocycles. The first-order valence-corrected chi connectivity index (χ1v) is 7.32. The Bertz CT molecular complexity index is 598. The molecule has 2 nitrogen and oxygen atoms in total. The smallest absolute Gasteiger partial charge is 0.164 e. The Labute approximate surface area is 129 Å². The summed E-state index contributed by atoms with van der Waals surface area (Å²) in [5, 5.41) is 3.25. The van der Waals surface area contributed by atoms with Gasteiger partial charge in [-0.15, -0.1) is 0 Å². The minimum Gasteiger partial charge on any atom is -0.491 e. The van der Waals surface area contributed by atoms with E-state index < -0.39 is 5.82 Å². The molecule has 0 bridgehead atoms. The van der Waals surface area contributed by atoms with Crippen LogP contribution in [-0.4, -0.2) is 6.10 Å². The van der Waals surface area contributed by atoms with Crippen molar-refractivity contribution in [1.29, 1.82) is 0 Å². The molecule has 0 saturated heterocycles. The summed E-state index contributed by atoms with van der Waals surface area (Å²) in [4.78, 5) is 0. The van der Waals surface area contributed by atoms with Crippen molar-refractivity contribution in [1.82, 2.24) is 0 Å². The highest BCUT2D eigenvalue weighted by Gasteiger charge is 2.11. The molecule has 2 aromatic rings. The minimum atomic E-state index is -0.425. The Hall–Kier alpha value is -1.74. The molecular formula is C17H19ClFNO. The van der Waals surface area contributed by atoms with Gasteiger partial charge in [-0.2, -0.15) is 0 Å². The maximum absolute atomic E-state index is 13.9. The van der Waals surface area contributed by atoms with E-state index in [2.05, 4.69) is 5.32 Å². The van der Waals surface area contributed by atoms with Gasteiger partial charge in [0.05, 0.1) is 16.8 Å². The van der Waals surface area contributed by atoms with E-state index in [4.69, 9.17) is 16.3 Å². The van der Waals surface area contributed by atoms with E-state index in [9.17, 15) is 4.39 Å². The largest absolute Gasteiger partial charge is 0.491 e. The van der Waals surface area contributed by atoms with E-state index in [1.165, 1.54) is 6.07 Å². The first-order valence-electron chi connectivity index (χ1n) is 6.94. The number of anilines is 1. The van der Waals surface area contributed by atoms with Crippen LogP contribution in [0.3, 0.4) is 0 Å². The Balaban J connectivity index is 2.09.